The first kappa shape index (κ1) is 15.1. The number of carbonyl (C=O) groups excluding carboxylic acids is 2. The molecule has 0 radical (unpaired) electrons. The number of aryl methyl sites for hydroxylation is 1. The van der Waals surface area contributed by atoms with Crippen molar-refractivity contribution in [3.63, 3.8) is 0 Å². The van der Waals surface area contributed by atoms with Gasteiger partial charge in [-0.15, -0.1) is 0 Å². The monoisotopic (exact) mass is 306 g/mol. The Bertz CT molecular complexity index is 637. The highest BCUT2D eigenvalue weighted by molar-refractivity contribution is 7.99. The van der Waals surface area contributed by atoms with Crippen molar-refractivity contribution in [2.75, 3.05) is 5.75 Å². The van der Waals surface area contributed by atoms with Crippen LogP contribution >= 0.6 is 11.8 Å². The van der Waals surface area contributed by atoms with E-state index in [1.54, 1.807) is 36.7 Å². The molecule has 7 heteroatoms. The van der Waals surface area contributed by atoms with E-state index in [9.17, 15) is 9.59 Å². The second-order valence-electron chi connectivity index (χ2n) is 4.15. The Kier molecular flexibility index (Phi) is 4.99. The van der Waals surface area contributed by atoms with Crippen molar-refractivity contribution in [2.45, 2.75) is 12.1 Å². The zero-order valence-electron chi connectivity index (χ0n) is 11.6. The molecule has 0 aliphatic carbocycles. The van der Waals surface area contributed by atoms with Crippen molar-refractivity contribution < 1.29 is 19.1 Å². The molecule has 0 fully saturated rings. The second-order valence-corrected chi connectivity index (χ2v) is 5.09. The van der Waals surface area contributed by atoms with Gasteiger partial charge in [-0.3, -0.25) is 9.59 Å². The van der Waals surface area contributed by atoms with Gasteiger partial charge in [-0.05, 0) is 24.3 Å². The summed E-state index contributed by atoms with van der Waals surface area (Å²) >= 11 is 1.30. The van der Waals surface area contributed by atoms with E-state index >= 15 is 0 Å². The third kappa shape index (κ3) is 4.64. The Morgan fingerprint density at radius 3 is 2.33 bits per heavy atom. The van der Waals surface area contributed by atoms with E-state index in [-0.39, 0.29) is 11.7 Å². The Morgan fingerprint density at radius 2 is 1.81 bits per heavy atom. The van der Waals surface area contributed by atoms with Crippen molar-refractivity contribution in [3.8, 4) is 11.5 Å². The molecule has 0 aliphatic heterocycles. The van der Waals surface area contributed by atoms with Crippen LogP contribution in [0.5, 0.6) is 11.5 Å². The fourth-order valence-corrected chi connectivity index (χ4v) is 2.22. The summed E-state index contributed by atoms with van der Waals surface area (Å²) in [6.45, 7) is 1.32. The molecule has 1 aromatic heterocycles. The first-order valence-corrected chi connectivity index (χ1v) is 7.12. The molecule has 0 saturated heterocycles. The number of rotatable bonds is 5. The van der Waals surface area contributed by atoms with Crippen LogP contribution < -0.4 is 9.47 Å². The first-order valence-electron chi connectivity index (χ1n) is 6.14. The summed E-state index contributed by atoms with van der Waals surface area (Å²) < 4.78 is 11.9. The maximum absolute atomic E-state index is 11.7. The molecule has 0 N–H and O–H groups in total. The maximum atomic E-state index is 11.7. The van der Waals surface area contributed by atoms with Gasteiger partial charge in [0.05, 0.1) is 5.75 Å². The van der Waals surface area contributed by atoms with Crippen LogP contribution in [0.2, 0.25) is 0 Å². The molecule has 1 aromatic carbocycles. The van der Waals surface area contributed by atoms with Crippen molar-refractivity contribution >= 4 is 23.7 Å². The van der Waals surface area contributed by atoms with Crippen LogP contribution in [-0.4, -0.2) is 27.2 Å². The number of thioether (sulfide) groups is 1. The molecule has 0 bridgehead atoms. The highest BCUT2D eigenvalue weighted by Crippen LogP contribution is 2.19. The van der Waals surface area contributed by atoms with Gasteiger partial charge in [0.15, 0.2) is 5.16 Å². The molecule has 0 unspecified atom stereocenters. The topological polar surface area (TPSA) is 70.4 Å². The van der Waals surface area contributed by atoms with E-state index in [4.69, 9.17) is 9.47 Å². The average molecular weight is 306 g/mol. The Labute approximate surface area is 126 Å². The highest BCUT2D eigenvalue weighted by atomic mass is 32.2. The lowest BCUT2D eigenvalue weighted by molar-refractivity contribution is -0.132. The minimum absolute atomic E-state index is 0.163. The number of benzene rings is 1. The van der Waals surface area contributed by atoms with Crippen LogP contribution in [0.15, 0.2) is 41.8 Å². The Morgan fingerprint density at radius 1 is 1.19 bits per heavy atom. The molecule has 0 amide bonds. The largest absolute Gasteiger partial charge is 0.427 e. The van der Waals surface area contributed by atoms with Gasteiger partial charge in [0.25, 0.3) is 0 Å². The highest BCUT2D eigenvalue weighted by Gasteiger charge is 2.09. The molecular weight excluding hydrogens is 292 g/mol. The first-order chi connectivity index (χ1) is 10.0. The minimum atomic E-state index is -0.397. The molecule has 2 rings (SSSR count). The summed E-state index contributed by atoms with van der Waals surface area (Å²) in [4.78, 5) is 26.6. The number of carbonyl (C=O) groups is 2. The maximum Gasteiger partial charge on any atom is 0.321 e. The van der Waals surface area contributed by atoms with E-state index in [1.165, 1.54) is 18.7 Å². The summed E-state index contributed by atoms with van der Waals surface area (Å²) in [6, 6.07) is 6.27. The van der Waals surface area contributed by atoms with E-state index in [0.717, 1.165) is 5.16 Å². The molecule has 0 aliphatic rings. The molecule has 110 valence electrons. The molecular formula is C14H14N2O4S. The number of hydrogen-bond acceptors (Lipinski definition) is 6. The summed E-state index contributed by atoms with van der Waals surface area (Å²) in [7, 11) is 1.86. The van der Waals surface area contributed by atoms with Crippen molar-refractivity contribution in [3.05, 3.63) is 36.7 Å². The fraction of sp³-hybridized carbons (Fsp3) is 0.214. The Hall–Kier alpha value is -2.28. The van der Waals surface area contributed by atoms with Crippen LogP contribution in [0.3, 0.4) is 0 Å². The predicted octanol–water partition coefficient (Wildman–Crippen LogP) is 2.04. The fourth-order valence-electron chi connectivity index (χ4n) is 1.52. The van der Waals surface area contributed by atoms with Gasteiger partial charge >= 0.3 is 11.9 Å². The van der Waals surface area contributed by atoms with Crippen molar-refractivity contribution in [2.24, 2.45) is 7.05 Å². The normalized spacial score (nSPS) is 10.2. The van der Waals surface area contributed by atoms with Crippen LogP contribution in [-0.2, 0) is 16.6 Å². The lowest BCUT2D eigenvalue weighted by Gasteiger charge is -2.05. The molecule has 21 heavy (non-hydrogen) atoms. The van der Waals surface area contributed by atoms with Gasteiger partial charge in [0, 0.05) is 26.4 Å². The number of aromatic nitrogens is 2. The molecule has 6 nitrogen and oxygen atoms in total. The van der Waals surface area contributed by atoms with Gasteiger partial charge in [-0.25, -0.2) is 4.98 Å². The van der Waals surface area contributed by atoms with Crippen LogP contribution in [0.25, 0.3) is 0 Å². The summed E-state index contributed by atoms with van der Waals surface area (Å²) in [5, 5.41) is 0.747. The van der Waals surface area contributed by atoms with Crippen molar-refractivity contribution in [1.82, 2.24) is 9.55 Å². The standard InChI is InChI=1S/C14H14N2O4S/c1-10(17)19-11-3-5-12(6-4-11)20-13(18)9-21-14-15-7-8-16(14)2/h3-8H,9H2,1-2H3. The van der Waals surface area contributed by atoms with E-state index in [2.05, 4.69) is 4.98 Å². The van der Waals surface area contributed by atoms with Crippen molar-refractivity contribution in [1.29, 1.82) is 0 Å². The zero-order valence-corrected chi connectivity index (χ0v) is 12.4. The van der Waals surface area contributed by atoms with Crippen LogP contribution in [0.4, 0.5) is 0 Å². The number of nitrogens with zero attached hydrogens (tertiary/aromatic N) is 2. The smallest absolute Gasteiger partial charge is 0.321 e. The SMILES string of the molecule is CC(=O)Oc1ccc(OC(=O)CSc2nccn2C)cc1. The lowest BCUT2D eigenvalue weighted by Crippen LogP contribution is -2.11. The van der Waals surface area contributed by atoms with Gasteiger partial charge in [0.1, 0.15) is 11.5 Å². The molecule has 2 aromatic rings. The van der Waals surface area contributed by atoms with Gasteiger partial charge in [-0.2, -0.15) is 0 Å². The van der Waals surface area contributed by atoms with Crippen LogP contribution in [0, 0.1) is 0 Å². The predicted molar refractivity (Wildman–Crippen MR) is 77.3 cm³/mol. The van der Waals surface area contributed by atoms with Crippen LogP contribution in [0.1, 0.15) is 6.92 Å². The summed E-state index contributed by atoms with van der Waals surface area (Å²) in [5.74, 6) is 0.201. The number of esters is 2. The summed E-state index contributed by atoms with van der Waals surface area (Å²) in [6.07, 6.45) is 3.48. The number of hydrogen-bond donors (Lipinski definition) is 0. The average Bonchev–Trinajstić information content (AvgIpc) is 2.84. The number of imidazole rings is 1. The summed E-state index contributed by atoms with van der Waals surface area (Å²) in [5.41, 5.74) is 0. The molecule has 1 heterocycles. The zero-order chi connectivity index (χ0) is 15.2. The minimum Gasteiger partial charge on any atom is -0.427 e. The third-order valence-corrected chi connectivity index (χ3v) is 3.44. The third-order valence-electron chi connectivity index (χ3n) is 2.41. The molecule has 0 atom stereocenters. The van der Waals surface area contributed by atoms with E-state index in [1.807, 2.05) is 11.6 Å². The lowest BCUT2D eigenvalue weighted by atomic mass is 10.3. The van der Waals surface area contributed by atoms with Gasteiger partial charge in [-0.1, -0.05) is 11.8 Å². The molecule has 0 spiro atoms. The van der Waals surface area contributed by atoms with Gasteiger partial charge < -0.3 is 14.0 Å². The Balaban J connectivity index is 1.85. The van der Waals surface area contributed by atoms with E-state index in [0.29, 0.717) is 11.5 Å². The van der Waals surface area contributed by atoms with E-state index < -0.39 is 5.97 Å². The number of ether oxygens (including phenoxy) is 2. The quantitative estimate of drug-likeness (QED) is 0.478. The molecule has 0 saturated carbocycles. The second kappa shape index (κ2) is 6.94. The van der Waals surface area contributed by atoms with Gasteiger partial charge in [0.2, 0.25) is 0 Å².